The van der Waals surface area contributed by atoms with Crippen LogP contribution in [-0.4, -0.2) is 12.0 Å². The van der Waals surface area contributed by atoms with Crippen LogP contribution in [0.4, 0.5) is 0 Å². The summed E-state index contributed by atoms with van der Waals surface area (Å²) in [5.74, 6) is 0. The van der Waals surface area contributed by atoms with Gasteiger partial charge in [-0.05, 0) is 33.4 Å². The Bertz CT molecular complexity index is 517. The highest BCUT2D eigenvalue weighted by Crippen LogP contribution is 2.30. The second kappa shape index (κ2) is 4.98. The van der Waals surface area contributed by atoms with E-state index < -0.39 is 0 Å². The van der Waals surface area contributed by atoms with Gasteiger partial charge in [0.05, 0.1) is 0 Å². The standard InChI is InChI=1S/C14H18N2S/c1-9-5-6-12(10(2)7-9)14-16-8-13(17-14)11(3)15-4/h5-8,11,15H,1-4H3. The van der Waals surface area contributed by atoms with Gasteiger partial charge in [-0.3, -0.25) is 0 Å². The summed E-state index contributed by atoms with van der Waals surface area (Å²) in [4.78, 5) is 5.80. The van der Waals surface area contributed by atoms with Crippen LogP contribution in [-0.2, 0) is 0 Å². The fraction of sp³-hybridized carbons (Fsp3) is 0.357. The van der Waals surface area contributed by atoms with Gasteiger partial charge in [-0.1, -0.05) is 23.8 Å². The van der Waals surface area contributed by atoms with Gasteiger partial charge in [-0.25, -0.2) is 4.98 Å². The van der Waals surface area contributed by atoms with Crippen LogP contribution in [0.3, 0.4) is 0 Å². The van der Waals surface area contributed by atoms with Crippen molar-refractivity contribution in [2.24, 2.45) is 0 Å². The Morgan fingerprint density at radius 1 is 1.29 bits per heavy atom. The van der Waals surface area contributed by atoms with E-state index in [0.29, 0.717) is 6.04 Å². The molecule has 1 aromatic heterocycles. The van der Waals surface area contributed by atoms with Crippen LogP contribution < -0.4 is 5.32 Å². The van der Waals surface area contributed by atoms with Crippen molar-refractivity contribution in [3.8, 4) is 10.6 Å². The minimum atomic E-state index is 0.368. The van der Waals surface area contributed by atoms with E-state index in [1.807, 2.05) is 13.2 Å². The maximum absolute atomic E-state index is 4.52. The second-order valence-corrected chi connectivity index (χ2v) is 5.46. The first kappa shape index (κ1) is 12.3. The summed E-state index contributed by atoms with van der Waals surface area (Å²) in [5.41, 5.74) is 3.84. The number of hydrogen-bond donors (Lipinski definition) is 1. The maximum atomic E-state index is 4.52. The third kappa shape index (κ3) is 2.56. The van der Waals surface area contributed by atoms with Crippen molar-refractivity contribution in [1.29, 1.82) is 0 Å². The number of thiazole rings is 1. The molecule has 0 aliphatic rings. The molecule has 2 aromatic rings. The van der Waals surface area contributed by atoms with E-state index in [0.717, 1.165) is 5.01 Å². The maximum Gasteiger partial charge on any atom is 0.123 e. The Morgan fingerprint density at radius 2 is 2.06 bits per heavy atom. The molecule has 0 bridgehead atoms. The van der Waals surface area contributed by atoms with Crippen LogP contribution >= 0.6 is 11.3 Å². The Balaban J connectivity index is 2.37. The van der Waals surface area contributed by atoms with Gasteiger partial charge in [0.2, 0.25) is 0 Å². The summed E-state index contributed by atoms with van der Waals surface area (Å²) in [6, 6.07) is 6.88. The van der Waals surface area contributed by atoms with Crippen molar-refractivity contribution in [3.63, 3.8) is 0 Å². The van der Waals surface area contributed by atoms with Crippen LogP contribution in [0.2, 0.25) is 0 Å². The first-order valence-electron chi connectivity index (χ1n) is 5.82. The van der Waals surface area contributed by atoms with Crippen molar-refractivity contribution in [3.05, 3.63) is 40.4 Å². The van der Waals surface area contributed by atoms with Gasteiger partial charge in [0, 0.05) is 22.7 Å². The van der Waals surface area contributed by atoms with Gasteiger partial charge in [0.1, 0.15) is 5.01 Å². The molecule has 0 spiro atoms. The number of hydrogen-bond acceptors (Lipinski definition) is 3. The van der Waals surface area contributed by atoms with Crippen molar-refractivity contribution in [1.82, 2.24) is 10.3 Å². The van der Waals surface area contributed by atoms with Gasteiger partial charge < -0.3 is 5.32 Å². The van der Waals surface area contributed by atoms with Crippen molar-refractivity contribution in [2.45, 2.75) is 26.8 Å². The number of aromatic nitrogens is 1. The highest BCUT2D eigenvalue weighted by Gasteiger charge is 2.10. The zero-order chi connectivity index (χ0) is 12.4. The molecule has 1 unspecified atom stereocenters. The Labute approximate surface area is 107 Å². The summed E-state index contributed by atoms with van der Waals surface area (Å²) < 4.78 is 0. The van der Waals surface area contributed by atoms with Gasteiger partial charge in [-0.2, -0.15) is 0 Å². The van der Waals surface area contributed by atoms with Crippen LogP contribution in [0.1, 0.15) is 29.0 Å². The zero-order valence-electron chi connectivity index (χ0n) is 10.7. The molecule has 1 heterocycles. The smallest absolute Gasteiger partial charge is 0.123 e. The van der Waals surface area contributed by atoms with Crippen molar-refractivity contribution in [2.75, 3.05) is 7.05 Å². The normalized spacial score (nSPS) is 12.7. The molecule has 1 atom stereocenters. The van der Waals surface area contributed by atoms with E-state index in [1.165, 1.54) is 21.6 Å². The predicted octanol–water partition coefficient (Wildman–Crippen LogP) is 3.71. The van der Waals surface area contributed by atoms with E-state index in [1.54, 1.807) is 11.3 Å². The molecule has 0 saturated carbocycles. The molecule has 17 heavy (non-hydrogen) atoms. The highest BCUT2D eigenvalue weighted by atomic mass is 32.1. The average molecular weight is 246 g/mol. The first-order chi connectivity index (χ1) is 8.11. The van der Waals surface area contributed by atoms with Gasteiger partial charge in [0.15, 0.2) is 0 Å². The van der Waals surface area contributed by atoms with Gasteiger partial charge in [0.25, 0.3) is 0 Å². The fourth-order valence-electron chi connectivity index (χ4n) is 1.81. The molecule has 3 heteroatoms. The lowest BCUT2D eigenvalue weighted by atomic mass is 10.1. The van der Waals surface area contributed by atoms with Crippen LogP contribution in [0.25, 0.3) is 10.6 Å². The predicted molar refractivity (Wildman–Crippen MR) is 74.5 cm³/mol. The molecule has 0 fully saturated rings. The molecule has 0 amide bonds. The Hall–Kier alpha value is -1.19. The number of rotatable bonds is 3. The summed E-state index contributed by atoms with van der Waals surface area (Å²) >= 11 is 1.77. The summed E-state index contributed by atoms with van der Waals surface area (Å²) in [6.45, 7) is 6.41. The number of aryl methyl sites for hydroxylation is 2. The summed E-state index contributed by atoms with van der Waals surface area (Å²) in [6.07, 6.45) is 1.97. The van der Waals surface area contributed by atoms with E-state index in [-0.39, 0.29) is 0 Å². The third-order valence-electron chi connectivity index (χ3n) is 3.00. The summed E-state index contributed by atoms with van der Waals surface area (Å²) in [7, 11) is 1.97. The number of nitrogens with one attached hydrogen (secondary N) is 1. The largest absolute Gasteiger partial charge is 0.312 e. The minimum Gasteiger partial charge on any atom is -0.312 e. The number of benzene rings is 1. The molecular formula is C14H18N2S. The SMILES string of the molecule is CNC(C)c1cnc(-c2ccc(C)cc2C)s1. The Morgan fingerprint density at radius 3 is 2.71 bits per heavy atom. The molecule has 0 aliphatic heterocycles. The quantitative estimate of drug-likeness (QED) is 0.893. The molecule has 2 nitrogen and oxygen atoms in total. The lowest BCUT2D eigenvalue weighted by Gasteiger charge is -2.05. The third-order valence-corrected chi connectivity index (χ3v) is 4.21. The van der Waals surface area contributed by atoms with E-state index in [4.69, 9.17) is 0 Å². The van der Waals surface area contributed by atoms with Crippen LogP contribution in [0.5, 0.6) is 0 Å². The van der Waals surface area contributed by atoms with Gasteiger partial charge in [-0.15, -0.1) is 11.3 Å². The molecule has 0 saturated heterocycles. The monoisotopic (exact) mass is 246 g/mol. The highest BCUT2D eigenvalue weighted by molar-refractivity contribution is 7.15. The van der Waals surface area contributed by atoms with E-state index in [9.17, 15) is 0 Å². The fourth-order valence-corrected chi connectivity index (χ4v) is 2.87. The topological polar surface area (TPSA) is 24.9 Å². The minimum absolute atomic E-state index is 0.368. The molecule has 0 radical (unpaired) electrons. The molecular weight excluding hydrogens is 228 g/mol. The average Bonchev–Trinajstić information content (AvgIpc) is 2.77. The van der Waals surface area contributed by atoms with Crippen molar-refractivity contribution >= 4 is 11.3 Å². The Kier molecular flexibility index (Phi) is 3.60. The first-order valence-corrected chi connectivity index (χ1v) is 6.64. The molecule has 90 valence electrons. The van der Waals surface area contributed by atoms with Gasteiger partial charge >= 0.3 is 0 Å². The van der Waals surface area contributed by atoms with E-state index in [2.05, 4.69) is 49.3 Å². The second-order valence-electron chi connectivity index (χ2n) is 4.40. The molecule has 2 rings (SSSR count). The van der Waals surface area contributed by atoms with Crippen molar-refractivity contribution < 1.29 is 0 Å². The molecule has 0 aliphatic carbocycles. The van der Waals surface area contributed by atoms with Crippen LogP contribution in [0, 0.1) is 13.8 Å². The number of nitrogens with zero attached hydrogens (tertiary/aromatic N) is 1. The van der Waals surface area contributed by atoms with Crippen LogP contribution in [0.15, 0.2) is 24.4 Å². The lowest BCUT2D eigenvalue weighted by Crippen LogP contribution is -2.10. The zero-order valence-corrected chi connectivity index (χ0v) is 11.6. The molecule has 1 N–H and O–H groups in total. The lowest BCUT2D eigenvalue weighted by molar-refractivity contribution is 0.662. The molecule has 1 aromatic carbocycles. The van der Waals surface area contributed by atoms with E-state index >= 15 is 0 Å². The summed E-state index contributed by atoms with van der Waals surface area (Å²) in [5, 5.41) is 4.35.